The summed E-state index contributed by atoms with van der Waals surface area (Å²) in [7, 11) is -2.08. The Kier molecular flexibility index (Phi) is 6.44. The zero-order valence-electron chi connectivity index (χ0n) is 15.9. The fourth-order valence-corrected chi connectivity index (χ4v) is 4.55. The van der Waals surface area contributed by atoms with Crippen LogP contribution in [0.25, 0.3) is 0 Å². The van der Waals surface area contributed by atoms with Crippen LogP contribution in [0.2, 0.25) is 0 Å². The molecule has 0 aromatic heterocycles. The van der Waals surface area contributed by atoms with Gasteiger partial charge in [0, 0.05) is 18.3 Å². The summed E-state index contributed by atoms with van der Waals surface area (Å²) in [6, 6.07) is 6.31. The Morgan fingerprint density at radius 1 is 1.27 bits per heavy atom. The fourth-order valence-electron chi connectivity index (χ4n) is 3.09. The van der Waals surface area contributed by atoms with Gasteiger partial charge in [-0.3, -0.25) is 4.79 Å². The van der Waals surface area contributed by atoms with E-state index in [1.807, 2.05) is 0 Å². The quantitative estimate of drug-likeness (QED) is 0.695. The van der Waals surface area contributed by atoms with Crippen molar-refractivity contribution in [3.05, 3.63) is 24.3 Å². The Labute approximate surface area is 155 Å². The van der Waals surface area contributed by atoms with Crippen molar-refractivity contribution in [2.75, 3.05) is 32.1 Å². The van der Waals surface area contributed by atoms with E-state index in [0.717, 1.165) is 13.1 Å². The van der Waals surface area contributed by atoms with Crippen molar-refractivity contribution in [3.63, 3.8) is 0 Å². The number of methoxy groups -OCH3 is 1. The topological polar surface area (TPSA) is 96.5 Å². The molecule has 1 fully saturated rings. The molecule has 0 saturated carbocycles. The van der Waals surface area contributed by atoms with E-state index in [0.29, 0.717) is 25.1 Å². The first-order chi connectivity index (χ1) is 12.1. The van der Waals surface area contributed by atoms with Crippen LogP contribution in [0.4, 0.5) is 5.69 Å². The van der Waals surface area contributed by atoms with E-state index in [1.54, 1.807) is 40.0 Å². The molecule has 1 amide bonds. The van der Waals surface area contributed by atoms with Gasteiger partial charge in [-0.15, -0.1) is 0 Å². The lowest BCUT2D eigenvalue weighted by Gasteiger charge is -2.35. The van der Waals surface area contributed by atoms with Crippen LogP contribution in [-0.4, -0.2) is 46.7 Å². The number of hydrogen-bond donors (Lipinski definition) is 3. The molecule has 0 radical (unpaired) electrons. The molecule has 1 aliphatic rings. The molecule has 0 unspecified atom stereocenters. The number of carbonyl (C=O) groups is 1. The van der Waals surface area contributed by atoms with Gasteiger partial charge in [0.1, 0.15) is 0 Å². The highest BCUT2D eigenvalue weighted by molar-refractivity contribution is 7.89. The molecule has 0 atom stereocenters. The van der Waals surface area contributed by atoms with Crippen molar-refractivity contribution in [1.29, 1.82) is 0 Å². The van der Waals surface area contributed by atoms with E-state index < -0.39 is 21.0 Å². The molecular formula is C18H29N3O4S. The van der Waals surface area contributed by atoms with Crippen LogP contribution in [-0.2, 0) is 19.6 Å². The molecule has 0 bridgehead atoms. The highest BCUT2D eigenvalue weighted by atomic mass is 32.2. The van der Waals surface area contributed by atoms with Gasteiger partial charge in [-0.2, -0.15) is 0 Å². The molecule has 3 N–H and O–H groups in total. The molecule has 1 aromatic rings. The third-order valence-corrected chi connectivity index (χ3v) is 6.06. The van der Waals surface area contributed by atoms with Gasteiger partial charge in [0.2, 0.25) is 15.9 Å². The minimum Gasteiger partial charge on any atom is -0.384 e. The number of piperidine rings is 1. The standard InChI is InChI=1S/C18H29N3O4S/c1-17(2,3)21-26(23,24)15-7-5-6-14(12-15)20-16(22)18(13-25-4)8-10-19-11-9-18/h5-7,12,19,21H,8-11,13H2,1-4H3,(H,20,22). The van der Waals surface area contributed by atoms with Crippen LogP contribution in [0.5, 0.6) is 0 Å². The van der Waals surface area contributed by atoms with E-state index in [2.05, 4.69) is 15.4 Å². The fraction of sp³-hybridized carbons (Fsp3) is 0.611. The summed E-state index contributed by atoms with van der Waals surface area (Å²) < 4.78 is 32.9. The van der Waals surface area contributed by atoms with Gasteiger partial charge in [-0.05, 0) is 64.9 Å². The van der Waals surface area contributed by atoms with Crippen molar-refractivity contribution in [2.24, 2.45) is 5.41 Å². The van der Waals surface area contributed by atoms with Crippen molar-refractivity contribution >= 4 is 21.6 Å². The lowest BCUT2D eigenvalue weighted by Crippen LogP contribution is -2.47. The molecule has 26 heavy (non-hydrogen) atoms. The first-order valence-corrected chi connectivity index (χ1v) is 10.2. The van der Waals surface area contributed by atoms with Crippen LogP contribution in [0.3, 0.4) is 0 Å². The predicted molar refractivity (Wildman–Crippen MR) is 102 cm³/mol. The highest BCUT2D eigenvalue weighted by Gasteiger charge is 2.39. The molecule has 0 aliphatic carbocycles. The number of sulfonamides is 1. The molecule has 7 nitrogen and oxygen atoms in total. The molecule has 2 rings (SSSR count). The number of amides is 1. The molecule has 1 heterocycles. The summed E-state index contributed by atoms with van der Waals surface area (Å²) in [6.07, 6.45) is 1.35. The van der Waals surface area contributed by atoms with Crippen LogP contribution >= 0.6 is 0 Å². The van der Waals surface area contributed by atoms with E-state index in [1.165, 1.54) is 12.1 Å². The van der Waals surface area contributed by atoms with Gasteiger partial charge < -0.3 is 15.4 Å². The van der Waals surface area contributed by atoms with Gasteiger partial charge in [0.25, 0.3) is 0 Å². The van der Waals surface area contributed by atoms with Crippen LogP contribution < -0.4 is 15.4 Å². The second kappa shape index (κ2) is 8.04. The van der Waals surface area contributed by atoms with Gasteiger partial charge in [0.15, 0.2) is 0 Å². The smallest absolute Gasteiger partial charge is 0.241 e. The predicted octanol–water partition coefficient (Wildman–Crippen LogP) is 1.72. The molecule has 146 valence electrons. The lowest BCUT2D eigenvalue weighted by atomic mass is 9.78. The second-order valence-electron chi connectivity index (χ2n) is 7.80. The summed E-state index contributed by atoms with van der Waals surface area (Å²) in [6.45, 7) is 7.18. The number of ether oxygens (including phenoxy) is 1. The van der Waals surface area contributed by atoms with Gasteiger partial charge in [0.05, 0.1) is 16.9 Å². The summed E-state index contributed by atoms with van der Waals surface area (Å²) in [4.78, 5) is 13.0. The second-order valence-corrected chi connectivity index (χ2v) is 9.48. The van der Waals surface area contributed by atoms with Crippen molar-refractivity contribution < 1.29 is 17.9 Å². The van der Waals surface area contributed by atoms with Gasteiger partial charge in [-0.25, -0.2) is 13.1 Å². The largest absolute Gasteiger partial charge is 0.384 e. The molecule has 1 aliphatic heterocycles. The first kappa shape index (κ1) is 20.8. The maximum Gasteiger partial charge on any atom is 0.241 e. The molecule has 1 saturated heterocycles. The van der Waals surface area contributed by atoms with Crippen LogP contribution in [0.1, 0.15) is 33.6 Å². The number of rotatable bonds is 6. The molecule has 0 spiro atoms. The Morgan fingerprint density at radius 2 is 1.92 bits per heavy atom. The summed E-state index contributed by atoms with van der Waals surface area (Å²) in [5.74, 6) is -0.140. The normalized spacial score (nSPS) is 17.7. The maximum atomic E-state index is 12.9. The molecule has 8 heteroatoms. The van der Waals surface area contributed by atoms with Crippen molar-refractivity contribution in [3.8, 4) is 0 Å². The first-order valence-electron chi connectivity index (χ1n) is 8.73. The summed E-state index contributed by atoms with van der Waals surface area (Å²) in [5, 5.41) is 6.12. The monoisotopic (exact) mass is 383 g/mol. The van der Waals surface area contributed by atoms with E-state index in [-0.39, 0.29) is 10.8 Å². The van der Waals surface area contributed by atoms with E-state index in [4.69, 9.17) is 4.74 Å². The minimum atomic E-state index is -3.66. The maximum absolute atomic E-state index is 12.9. The van der Waals surface area contributed by atoms with Gasteiger partial charge in [-0.1, -0.05) is 6.07 Å². The lowest BCUT2D eigenvalue weighted by molar-refractivity contribution is -0.130. The van der Waals surface area contributed by atoms with Crippen LogP contribution in [0, 0.1) is 5.41 Å². The molecule has 1 aromatic carbocycles. The van der Waals surface area contributed by atoms with Crippen molar-refractivity contribution in [1.82, 2.24) is 10.0 Å². The Hall–Kier alpha value is -1.48. The average Bonchev–Trinajstić information content (AvgIpc) is 2.54. The van der Waals surface area contributed by atoms with E-state index in [9.17, 15) is 13.2 Å². The number of benzene rings is 1. The Morgan fingerprint density at radius 3 is 2.50 bits per heavy atom. The van der Waals surface area contributed by atoms with Gasteiger partial charge >= 0.3 is 0 Å². The van der Waals surface area contributed by atoms with Crippen molar-refractivity contribution in [2.45, 2.75) is 44.0 Å². The summed E-state index contributed by atoms with van der Waals surface area (Å²) >= 11 is 0. The number of anilines is 1. The van der Waals surface area contributed by atoms with Crippen LogP contribution in [0.15, 0.2) is 29.2 Å². The third-order valence-electron chi connectivity index (χ3n) is 4.31. The number of hydrogen-bond acceptors (Lipinski definition) is 5. The third kappa shape index (κ3) is 5.26. The minimum absolute atomic E-state index is 0.122. The SMILES string of the molecule is COCC1(C(=O)Nc2cccc(S(=O)(=O)NC(C)(C)C)c2)CCNCC1. The molecular weight excluding hydrogens is 354 g/mol. The highest BCUT2D eigenvalue weighted by Crippen LogP contribution is 2.31. The number of nitrogens with one attached hydrogen (secondary N) is 3. The average molecular weight is 384 g/mol. The Bertz CT molecular complexity index is 730. The zero-order valence-corrected chi connectivity index (χ0v) is 16.7. The summed E-state index contributed by atoms with van der Waals surface area (Å²) in [5.41, 5.74) is -0.727. The Balaban J connectivity index is 2.21. The zero-order chi connectivity index (χ0) is 19.4. The number of carbonyl (C=O) groups excluding carboxylic acids is 1. The van der Waals surface area contributed by atoms with E-state index >= 15 is 0 Å².